The molecule has 1 aliphatic rings. The molecule has 0 aliphatic heterocycles. The molecule has 0 saturated heterocycles. The number of hydrogen-bond donors (Lipinski definition) is 0. The first-order valence-corrected chi connectivity index (χ1v) is 11.6. The topological polar surface area (TPSA) is 104 Å². The lowest BCUT2D eigenvalue weighted by Crippen LogP contribution is -2.36. The number of amides is 1. The maximum absolute atomic E-state index is 13.3. The van der Waals surface area contributed by atoms with Crippen LogP contribution in [0.2, 0.25) is 0 Å². The molecule has 0 radical (unpaired) electrons. The Balaban J connectivity index is 2.03. The van der Waals surface area contributed by atoms with Crippen molar-refractivity contribution in [1.29, 1.82) is 0 Å². The molecular weight excluding hydrogens is 424 g/mol. The van der Waals surface area contributed by atoms with Crippen LogP contribution in [0.4, 0.5) is 5.69 Å². The quantitative estimate of drug-likeness (QED) is 0.604. The van der Waals surface area contributed by atoms with E-state index in [9.17, 15) is 13.2 Å². The summed E-state index contributed by atoms with van der Waals surface area (Å²) in [5.74, 6) is 0.255. The van der Waals surface area contributed by atoms with Gasteiger partial charge < -0.3 is 18.9 Å². The van der Waals surface area contributed by atoms with E-state index in [1.165, 1.54) is 45.6 Å². The van der Waals surface area contributed by atoms with Gasteiger partial charge in [-0.25, -0.2) is 8.42 Å². The molecule has 31 heavy (non-hydrogen) atoms. The molecule has 1 heterocycles. The van der Waals surface area contributed by atoms with Gasteiger partial charge in [-0.2, -0.15) is 9.29 Å². The highest BCUT2D eigenvalue weighted by molar-refractivity contribution is 7.92. The van der Waals surface area contributed by atoms with Crippen LogP contribution in [-0.4, -0.2) is 53.0 Å². The monoisotopic (exact) mass is 450 g/mol. The third kappa shape index (κ3) is 5.01. The number of carbonyl (C=O) groups excluding carboxylic acids is 1. The first kappa shape index (κ1) is 22.7. The number of sulfonamides is 1. The summed E-state index contributed by atoms with van der Waals surface area (Å²) in [5, 5.41) is 0. The van der Waals surface area contributed by atoms with Gasteiger partial charge in [0.15, 0.2) is 11.5 Å². The second-order valence-electron chi connectivity index (χ2n) is 7.10. The van der Waals surface area contributed by atoms with Crippen LogP contribution < -0.4 is 23.3 Å². The van der Waals surface area contributed by atoms with E-state index in [4.69, 9.17) is 18.9 Å². The number of aromatic nitrogens is 1. The van der Waals surface area contributed by atoms with Gasteiger partial charge in [0.05, 0.1) is 33.7 Å². The van der Waals surface area contributed by atoms with E-state index in [0.29, 0.717) is 15.8 Å². The highest BCUT2D eigenvalue weighted by Gasteiger charge is 2.31. The van der Waals surface area contributed by atoms with Gasteiger partial charge in [0.2, 0.25) is 21.8 Å². The molecule has 0 atom stereocenters. The summed E-state index contributed by atoms with van der Waals surface area (Å²) in [4.78, 5) is 17.4. The minimum absolute atomic E-state index is 0.0233. The second-order valence-corrected chi connectivity index (χ2v) is 8.94. The zero-order chi connectivity index (χ0) is 22.6. The van der Waals surface area contributed by atoms with E-state index in [2.05, 4.69) is 4.98 Å². The van der Waals surface area contributed by atoms with Crippen LogP contribution in [0.5, 0.6) is 23.3 Å². The van der Waals surface area contributed by atoms with Crippen LogP contribution in [0.3, 0.4) is 0 Å². The average Bonchev–Trinajstić information content (AvgIpc) is 3.26. The summed E-state index contributed by atoms with van der Waals surface area (Å²) in [5.41, 5.74) is 0.0990. The zero-order valence-corrected chi connectivity index (χ0v) is 18.8. The minimum Gasteiger partial charge on any atom is -0.493 e. The van der Waals surface area contributed by atoms with Gasteiger partial charge in [-0.1, -0.05) is 0 Å². The Morgan fingerprint density at radius 1 is 1.00 bits per heavy atom. The molecule has 9 nitrogen and oxygen atoms in total. The van der Waals surface area contributed by atoms with Crippen molar-refractivity contribution in [3.8, 4) is 23.3 Å². The third-order valence-corrected chi connectivity index (χ3v) is 5.98. The number of rotatable bonds is 8. The van der Waals surface area contributed by atoms with E-state index in [1.54, 1.807) is 6.07 Å². The normalized spacial score (nSPS) is 14.2. The van der Waals surface area contributed by atoms with Crippen molar-refractivity contribution < 1.29 is 32.2 Å². The highest BCUT2D eigenvalue weighted by Crippen LogP contribution is 2.35. The molecular formula is C21H26N2O7S. The second kappa shape index (κ2) is 9.42. The van der Waals surface area contributed by atoms with Gasteiger partial charge in [0, 0.05) is 11.6 Å². The summed E-state index contributed by atoms with van der Waals surface area (Å²) in [6, 6.07) is 7.43. The van der Waals surface area contributed by atoms with Crippen molar-refractivity contribution in [3.05, 3.63) is 35.9 Å². The minimum atomic E-state index is -4.02. The molecule has 1 fully saturated rings. The summed E-state index contributed by atoms with van der Waals surface area (Å²) in [6.45, 7) is 0. The maximum Gasteiger partial charge on any atom is 0.272 e. The van der Waals surface area contributed by atoms with Crippen LogP contribution in [0.15, 0.2) is 30.3 Å². The Labute approximate surface area is 181 Å². The molecule has 1 saturated carbocycles. The standard InChI is InChI=1S/C21H26N2O7S/c1-27-17-11-9-14(13-18(17)30-15-7-5-6-8-15)21(24)23(31(4,25)26)16-10-12-19(28-2)22-20(16)29-3/h9-13,15H,5-8H2,1-4H3. The maximum atomic E-state index is 13.3. The van der Waals surface area contributed by atoms with E-state index in [-0.39, 0.29) is 29.1 Å². The Hall–Kier alpha value is -3.01. The lowest BCUT2D eigenvalue weighted by atomic mass is 10.1. The number of anilines is 1. The van der Waals surface area contributed by atoms with Gasteiger partial charge in [0.1, 0.15) is 5.69 Å². The summed E-state index contributed by atoms with van der Waals surface area (Å²) in [7, 11) is 0.243. The van der Waals surface area contributed by atoms with Crippen LogP contribution in [0, 0.1) is 0 Å². The van der Waals surface area contributed by atoms with Crippen LogP contribution in [0.25, 0.3) is 0 Å². The Morgan fingerprint density at radius 2 is 1.71 bits per heavy atom. The molecule has 10 heteroatoms. The molecule has 1 aromatic carbocycles. The van der Waals surface area contributed by atoms with E-state index < -0.39 is 15.9 Å². The molecule has 0 unspecified atom stereocenters. The number of nitrogens with zero attached hydrogens (tertiary/aromatic N) is 2. The molecule has 1 amide bonds. The molecule has 3 rings (SSSR count). The van der Waals surface area contributed by atoms with E-state index in [1.807, 2.05) is 0 Å². The molecule has 0 N–H and O–H groups in total. The smallest absolute Gasteiger partial charge is 0.272 e. The Bertz CT molecular complexity index is 1050. The Morgan fingerprint density at radius 3 is 2.29 bits per heavy atom. The molecule has 0 bridgehead atoms. The summed E-state index contributed by atoms with van der Waals surface area (Å²) >= 11 is 0. The average molecular weight is 451 g/mol. The molecule has 1 aliphatic carbocycles. The Kier molecular flexibility index (Phi) is 6.89. The van der Waals surface area contributed by atoms with Crippen molar-refractivity contribution in [3.63, 3.8) is 0 Å². The number of benzene rings is 1. The van der Waals surface area contributed by atoms with Crippen LogP contribution >= 0.6 is 0 Å². The number of methoxy groups -OCH3 is 3. The number of carbonyl (C=O) groups is 1. The van der Waals surface area contributed by atoms with Crippen molar-refractivity contribution in [2.45, 2.75) is 31.8 Å². The first-order chi connectivity index (χ1) is 14.8. The molecule has 0 spiro atoms. The number of pyridine rings is 1. The molecule has 168 valence electrons. The molecule has 1 aromatic heterocycles. The van der Waals surface area contributed by atoms with Crippen molar-refractivity contribution in [2.75, 3.05) is 31.9 Å². The fourth-order valence-corrected chi connectivity index (χ4v) is 4.38. The van der Waals surface area contributed by atoms with Crippen molar-refractivity contribution in [1.82, 2.24) is 4.98 Å². The van der Waals surface area contributed by atoms with E-state index in [0.717, 1.165) is 31.9 Å². The third-order valence-electron chi connectivity index (χ3n) is 4.96. The predicted molar refractivity (Wildman–Crippen MR) is 115 cm³/mol. The number of hydrogen-bond acceptors (Lipinski definition) is 8. The van der Waals surface area contributed by atoms with Crippen molar-refractivity contribution >= 4 is 21.6 Å². The largest absolute Gasteiger partial charge is 0.493 e. The first-order valence-electron chi connectivity index (χ1n) is 9.76. The van der Waals surface area contributed by atoms with Gasteiger partial charge in [-0.15, -0.1) is 0 Å². The summed E-state index contributed by atoms with van der Waals surface area (Å²) < 4.78 is 47.5. The predicted octanol–water partition coefficient (Wildman–Crippen LogP) is 3.04. The number of ether oxygens (including phenoxy) is 4. The van der Waals surface area contributed by atoms with Gasteiger partial charge in [-0.3, -0.25) is 4.79 Å². The van der Waals surface area contributed by atoms with E-state index >= 15 is 0 Å². The molecule has 2 aromatic rings. The van der Waals surface area contributed by atoms with Gasteiger partial charge in [0.25, 0.3) is 5.91 Å². The fourth-order valence-electron chi connectivity index (χ4n) is 3.48. The van der Waals surface area contributed by atoms with Crippen LogP contribution in [-0.2, 0) is 10.0 Å². The zero-order valence-electron chi connectivity index (χ0n) is 18.0. The highest BCUT2D eigenvalue weighted by atomic mass is 32.2. The SMILES string of the molecule is COc1ccc(N(C(=O)c2ccc(OC)c(OC3CCCC3)c2)S(C)(=O)=O)c(OC)n1. The van der Waals surface area contributed by atoms with Gasteiger partial charge in [-0.05, 0) is 49.9 Å². The van der Waals surface area contributed by atoms with Gasteiger partial charge >= 0.3 is 0 Å². The lowest BCUT2D eigenvalue weighted by Gasteiger charge is -2.23. The fraction of sp³-hybridized carbons (Fsp3) is 0.429. The lowest BCUT2D eigenvalue weighted by molar-refractivity contribution is 0.100. The summed E-state index contributed by atoms with van der Waals surface area (Å²) in [6.07, 6.45) is 4.98. The van der Waals surface area contributed by atoms with Crippen LogP contribution in [0.1, 0.15) is 36.0 Å². The van der Waals surface area contributed by atoms with Crippen molar-refractivity contribution in [2.24, 2.45) is 0 Å².